The molecule has 0 saturated carbocycles. The normalized spacial score (nSPS) is 9.90. The van der Waals surface area contributed by atoms with E-state index in [-0.39, 0.29) is 59.1 Å². The first kappa shape index (κ1) is 30.7. The predicted octanol–water partition coefficient (Wildman–Crippen LogP) is -3.04. The van der Waals surface area contributed by atoms with Gasteiger partial charge in [-0.1, -0.05) is 71.1 Å². The SMILES string of the molecule is CCCCCCCCCCCCCO.O=S(=O)([O-])[O-].[Na+].[Na+]. The van der Waals surface area contributed by atoms with Crippen LogP contribution in [0.15, 0.2) is 0 Å². The minimum absolute atomic E-state index is 0. The Kier molecular flexibility index (Phi) is 35.2. The minimum Gasteiger partial charge on any atom is -0.759 e. The van der Waals surface area contributed by atoms with Crippen LogP contribution < -0.4 is 59.1 Å². The third-order valence-electron chi connectivity index (χ3n) is 2.76. The van der Waals surface area contributed by atoms with Gasteiger partial charge in [0.25, 0.3) is 0 Å². The standard InChI is InChI=1S/C13H28O.2Na.H2O4S/c1-2-3-4-5-6-7-8-9-10-11-12-13-14;;;1-5(2,3)4/h14H,2-13H2,1H3;;;(H2,1,2,3,4)/q;2*+1;/p-2. The molecular formula is C13H28Na2O5S. The Morgan fingerprint density at radius 2 is 0.952 bits per heavy atom. The van der Waals surface area contributed by atoms with Crippen molar-refractivity contribution in [2.75, 3.05) is 6.61 Å². The summed E-state index contributed by atoms with van der Waals surface area (Å²) >= 11 is 0. The molecule has 0 aromatic carbocycles. The van der Waals surface area contributed by atoms with Crippen molar-refractivity contribution in [1.82, 2.24) is 0 Å². The van der Waals surface area contributed by atoms with Crippen LogP contribution in [-0.2, 0) is 10.4 Å². The van der Waals surface area contributed by atoms with Gasteiger partial charge in [0.1, 0.15) is 0 Å². The zero-order valence-corrected chi connectivity index (χ0v) is 18.8. The first-order valence-electron chi connectivity index (χ1n) is 7.19. The van der Waals surface area contributed by atoms with Crippen molar-refractivity contribution in [3.05, 3.63) is 0 Å². The van der Waals surface area contributed by atoms with Gasteiger partial charge in [-0.3, -0.25) is 8.42 Å². The van der Waals surface area contributed by atoms with Crippen LogP contribution in [0.3, 0.4) is 0 Å². The molecule has 1 N–H and O–H groups in total. The maximum Gasteiger partial charge on any atom is 1.00 e. The average molecular weight is 342 g/mol. The van der Waals surface area contributed by atoms with Crippen molar-refractivity contribution < 1.29 is 81.7 Å². The van der Waals surface area contributed by atoms with Crippen LogP contribution in [0, 0.1) is 0 Å². The molecule has 118 valence electrons. The van der Waals surface area contributed by atoms with E-state index in [2.05, 4.69) is 6.92 Å². The van der Waals surface area contributed by atoms with Crippen molar-refractivity contribution in [3.63, 3.8) is 0 Å². The van der Waals surface area contributed by atoms with E-state index in [1.807, 2.05) is 0 Å². The zero-order valence-electron chi connectivity index (χ0n) is 14.0. The summed E-state index contributed by atoms with van der Waals surface area (Å²) in [6, 6.07) is 0. The second-order valence-corrected chi connectivity index (χ2v) is 5.48. The van der Waals surface area contributed by atoms with Gasteiger partial charge in [-0.2, -0.15) is 0 Å². The van der Waals surface area contributed by atoms with Crippen LogP contribution in [-0.4, -0.2) is 29.2 Å². The minimum atomic E-state index is -5.17. The van der Waals surface area contributed by atoms with Crippen LogP contribution in [0.4, 0.5) is 0 Å². The summed E-state index contributed by atoms with van der Waals surface area (Å²) in [5.74, 6) is 0. The van der Waals surface area contributed by atoms with Gasteiger partial charge in [0.2, 0.25) is 0 Å². The van der Waals surface area contributed by atoms with Gasteiger partial charge >= 0.3 is 59.1 Å². The quantitative estimate of drug-likeness (QED) is 0.186. The third-order valence-corrected chi connectivity index (χ3v) is 2.76. The number of unbranched alkanes of at least 4 members (excludes halogenated alkanes) is 10. The van der Waals surface area contributed by atoms with Crippen molar-refractivity contribution in [1.29, 1.82) is 0 Å². The van der Waals surface area contributed by atoms with Gasteiger partial charge in [0, 0.05) is 17.0 Å². The Labute approximate surface area is 174 Å². The second-order valence-electron chi connectivity index (χ2n) is 4.67. The van der Waals surface area contributed by atoms with Crippen molar-refractivity contribution in [2.45, 2.75) is 77.6 Å². The van der Waals surface area contributed by atoms with Gasteiger partial charge in [-0.15, -0.1) is 0 Å². The number of hydrogen-bond acceptors (Lipinski definition) is 5. The van der Waals surface area contributed by atoms with Gasteiger partial charge in [-0.25, -0.2) is 0 Å². The molecule has 0 aromatic rings. The predicted molar refractivity (Wildman–Crippen MR) is 74.0 cm³/mol. The molecule has 0 spiro atoms. The van der Waals surface area contributed by atoms with Gasteiger partial charge in [-0.05, 0) is 6.42 Å². The largest absolute Gasteiger partial charge is 1.00 e. The fraction of sp³-hybridized carbons (Fsp3) is 1.00. The van der Waals surface area contributed by atoms with E-state index in [0.717, 1.165) is 6.42 Å². The topological polar surface area (TPSA) is 100 Å². The molecule has 0 atom stereocenters. The fourth-order valence-electron chi connectivity index (χ4n) is 1.78. The molecule has 0 amide bonds. The van der Waals surface area contributed by atoms with E-state index in [1.165, 1.54) is 64.2 Å². The Balaban J connectivity index is -0.000000179. The molecule has 0 aliphatic carbocycles. The average Bonchev–Trinajstić information content (AvgIpc) is 2.29. The van der Waals surface area contributed by atoms with E-state index in [4.69, 9.17) is 22.6 Å². The Morgan fingerprint density at radius 1 is 0.714 bits per heavy atom. The molecule has 0 radical (unpaired) electrons. The molecule has 21 heavy (non-hydrogen) atoms. The number of aliphatic hydroxyl groups excluding tert-OH is 1. The smallest absolute Gasteiger partial charge is 0.759 e. The molecule has 5 nitrogen and oxygen atoms in total. The Bertz CT molecular complexity index is 241. The van der Waals surface area contributed by atoms with E-state index in [1.54, 1.807) is 0 Å². The van der Waals surface area contributed by atoms with Crippen LogP contribution in [0.1, 0.15) is 77.6 Å². The zero-order chi connectivity index (χ0) is 15.0. The summed E-state index contributed by atoms with van der Waals surface area (Å²) in [7, 11) is -5.17. The second kappa shape index (κ2) is 24.1. The monoisotopic (exact) mass is 342 g/mol. The molecule has 0 rings (SSSR count). The third kappa shape index (κ3) is 52.1. The van der Waals surface area contributed by atoms with Gasteiger partial charge < -0.3 is 14.2 Å². The first-order chi connectivity index (χ1) is 8.91. The number of aliphatic hydroxyl groups is 1. The summed E-state index contributed by atoms with van der Waals surface area (Å²) in [6.45, 7) is 2.64. The van der Waals surface area contributed by atoms with Gasteiger partial charge in [0.05, 0.1) is 0 Å². The molecule has 0 aromatic heterocycles. The molecule has 0 bridgehead atoms. The van der Waals surface area contributed by atoms with Crippen LogP contribution in [0.2, 0.25) is 0 Å². The van der Waals surface area contributed by atoms with E-state index < -0.39 is 10.4 Å². The van der Waals surface area contributed by atoms with E-state index >= 15 is 0 Å². The van der Waals surface area contributed by atoms with E-state index in [0.29, 0.717) is 6.61 Å². The van der Waals surface area contributed by atoms with Crippen LogP contribution in [0.5, 0.6) is 0 Å². The van der Waals surface area contributed by atoms with Crippen LogP contribution >= 0.6 is 0 Å². The fourth-order valence-corrected chi connectivity index (χ4v) is 1.78. The number of hydrogen-bond donors (Lipinski definition) is 1. The maximum absolute atomic E-state index is 8.59. The molecular weight excluding hydrogens is 314 g/mol. The number of rotatable bonds is 11. The maximum atomic E-state index is 8.59. The summed E-state index contributed by atoms with van der Waals surface area (Å²) in [5, 5.41) is 8.59. The van der Waals surface area contributed by atoms with Crippen molar-refractivity contribution in [2.24, 2.45) is 0 Å². The summed E-state index contributed by atoms with van der Waals surface area (Å²) in [6.07, 6.45) is 14.8. The van der Waals surface area contributed by atoms with Gasteiger partial charge in [0.15, 0.2) is 0 Å². The molecule has 0 aliphatic rings. The Hall–Kier alpha value is 1.83. The molecule has 0 saturated heterocycles. The Morgan fingerprint density at radius 3 is 1.19 bits per heavy atom. The van der Waals surface area contributed by atoms with Crippen molar-refractivity contribution in [3.8, 4) is 0 Å². The summed E-state index contributed by atoms with van der Waals surface area (Å²) in [5.41, 5.74) is 0. The molecule has 0 heterocycles. The summed E-state index contributed by atoms with van der Waals surface area (Å²) in [4.78, 5) is 0. The van der Waals surface area contributed by atoms with Crippen LogP contribution in [0.25, 0.3) is 0 Å². The first-order valence-corrected chi connectivity index (χ1v) is 8.52. The molecule has 0 aliphatic heterocycles. The summed E-state index contributed by atoms with van der Waals surface area (Å²) < 4.78 is 34.1. The molecule has 0 fully saturated rings. The van der Waals surface area contributed by atoms with E-state index in [9.17, 15) is 0 Å². The van der Waals surface area contributed by atoms with Crippen molar-refractivity contribution >= 4 is 10.4 Å². The molecule has 0 unspecified atom stereocenters. The molecule has 8 heteroatoms.